The zero-order valence-electron chi connectivity index (χ0n) is 17.7. The van der Waals surface area contributed by atoms with E-state index >= 15 is 0 Å². The molecule has 1 atom stereocenters. The van der Waals surface area contributed by atoms with Gasteiger partial charge in [-0.15, -0.1) is 12.4 Å². The number of aryl methyl sites for hydroxylation is 2. The van der Waals surface area contributed by atoms with Crippen molar-refractivity contribution in [2.24, 2.45) is 12.8 Å². The van der Waals surface area contributed by atoms with Gasteiger partial charge >= 0.3 is 0 Å². The third-order valence-electron chi connectivity index (χ3n) is 5.13. The van der Waals surface area contributed by atoms with Gasteiger partial charge in [0.2, 0.25) is 0 Å². The highest BCUT2D eigenvalue weighted by molar-refractivity contribution is 5.89. The molecule has 4 aromatic rings. The summed E-state index contributed by atoms with van der Waals surface area (Å²) in [5, 5.41) is 5.65. The minimum absolute atomic E-state index is 0. The SMILES string of the molecule is Cc1cc([C@@H](C)N)c2cc(-c3cnn(-c4cnc(C)nc4)c(=O)c3)n(C)c(=O)c2c1.Cl. The average Bonchev–Trinajstić information content (AvgIpc) is 2.71. The Labute approximate surface area is 184 Å². The molecule has 3 heterocycles. The number of hydrogen-bond acceptors (Lipinski definition) is 6. The van der Waals surface area contributed by atoms with Gasteiger partial charge in [-0.2, -0.15) is 9.78 Å². The fraction of sp³-hybridized carbons (Fsp3) is 0.227. The molecule has 0 bridgehead atoms. The van der Waals surface area contributed by atoms with Gasteiger partial charge in [0, 0.05) is 30.1 Å². The molecule has 4 rings (SSSR count). The summed E-state index contributed by atoms with van der Waals surface area (Å²) >= 11 is 0. The van der Waals surface area contributed by atoms with Crippen molar-refractivity contribution < 1.29 is 0 Å². The van der Waals surface area contributed by atoms with Gasteiger partial charge in [-0.3, -0.25) is 9.59 Å². The summed E-state index contributed by atoms with van der Waals surface area (Å²) in [5.74, 6) is 0.606. The standard InChI is InChI=1S/C22H22N6O2.ClH/c1-12-5-17(13(2)23)18-8-20(27(4)22(30)19(18)6-12)15-7-21(29)28(26-9-15)16-10-24-14(3)25-11-16;/h5-11,13H,23H2,1-4H3;1H/t13-;/m1./s1. The van der Waals surface area contributed by atoms with E-state index in [1.165, 1.54) is 15.3 Å². The number of fused-ring (bicyclic) bond motifs is 1. The second kappa shape index (κ2) is 8.41. The van der Waals surface area contributed by atoms with E-state index in [-0.39, 0.29) is 29.6 Å². The van der Waals surface area contributed by atoms with Crippen LogP contribution in [0.25, 0.3) is 27.7 Å². The number of aromatic nitrogens is 5. The minimum atomic E-state index is -0.344. The van der Waals surface area contributed by atoms with Crippen molar-refractivity contribution in [1.82, 2.24) is 24.3 Å². The molecule has 9 heteroatoms. The molecule has 0 aliphatic rings. The predicted molar refractivity (Wildman–Crippen MR) is 123 cm³/mol. The lowest BCUT2D eigenvalue weighted by Crippen LogP contribution is -2.23. The first-order valence-corrected chi connectivity index (χ1v) is 9.55. The summed E-state index contributed by atoms with van der Waals surface area (Å²) in [5.41, 5.74) is 9.14. The monoisotopic (exact) mass is 438 g/mol. The van der Waals surface area contributed by atoms with Gasteiger partial charge in [-0.25, -0.2) is 9.97 Å². The Bertz CT molecular complexity index is 1390. The molecule has 0 fully saturated rings. The number of nitrogens with zero attached hydrogens (tertiary/aromatic N) is 5. The lowest BCUT2D eigenvalue weighted by atomic mass is 9.97. The highest BCUT2D eigenvalue weighted by Gasteiger charge is 2.15. The lowest BCUT2D eigenvalue weighted by Gasteiger charge is -2.16. The molecular formula is C22H23ClN6O2. The van der Waals surface area contributed by atoms with Gasteiger partial charge in [-0.05, 0) is 49.4 Å². The van der Waals surface area contributed by atoms with E-state index in [9.17, 15) is 9.59 Å². The molecule has 1 aromatic carbocycles. The maximum absolute atomic E-state index is 13.1. The second-order valence-electron chi connectivity index (χ2n) is 7.48. The first kappa shape index (κ1) is 22.3. The first-order chi connectivity index (χ1) is 14.3. The zero-order valence-corrected chi connectivity index (χ0v) is 18.5. The normalized spacial score (nSPS) is 11.9. The molecule has 0 radical (unpaired) electrons. The van der Waals surface area contributed by atoms with Crippen LogP contribution in [0.1, 0.15) is 29.9 Å². The third kappa shape index (κ3) is 3.99. The van der Waals surface area contributed by atoms with Crippen LogP contribution < -0.4 is 16.9 Å². The van der Waals surface area contributed by atoms with Gasteiger partial charge in [-0.1, -0.05) is 6.07 Å². The van der Waals surface area contributed by atoms with E-state index in [1.807, 2.05) is 32.0 Å². The van der Waals surface area contributed by atoms with E-state index in [0.29, 0.717) is 28.2 Å². The van der Waals surface area contributed by atoms with Crippen LogP contribution in [-0.2, 0) is 7.05 Å². The topological polar surface area (TPSA) is 109 Å². The number of hydrogen-bond donors (Lipinski definition) is 1. The maximum Gasteiger partial charge on any atom is 0.272 e. The van der Waals surface area contributed by atoms with Crippen molar-refractivity contribution in [3.05, 3.63) is 80.5 Å². The van der Waals surface area contributed by atoms with Crippen LogP contribution in [-0.4, -0.2) is 24.3 Å². The second-order valence-corrected chi connectivity index (χ2v) is 7.48. The summed E-state index contributed by atoms with van der Waals surface area (Å²) in [6.07, 6.45) is 4.64. The van der Waals surface area contributed by atoms with Crippen molar-refractivity contribution in [2.45, 2.75) is 26.8 Å². The quantitative estimate of drug-likeness (QED) is 0.526. The van der Waals surface area contributed by atoms with Crippen LogP contribution in [0.4, 0.5) is 0 Å². The maximum atomic E-state index is 13.1. The van der Waals surface area contributed by atoms with Crippen LogP contribution in [0.3, 0.4) is 0 Å². The molecule has 31 heavy (non-hydrogen) atoms. The number of pyridine rings is 1. The molecule has 0 saturated heterocycles. The van der Waals surface area contributed by atoms with E-state index in [0.717, 1.165) is 16.5 Å². The Morgan fingerprint density at radius 2 is 1.65 bits per heavy atom. The third-order valence-corrected chi connectivity index (χ3v) is 5.13. The molecule has 0 spiro atoms. The molecule has 2 N–H and O–H groups in total. The van der Waals surface area contributed by atoms with Crippen molar-refractivity contribution in [3.8, 4) is 16.9 Å². The van der Waals surface area contributed by atoms with E-state index in [2.05, 4.69) is 15.1 Å². The first-order valence-electron chi connectivity index (χ1n) is 9.55. The molecule has 0 unspecified atom stereocenters. The van der Waals surface area contributed by atoms with Gasteiger partial charge in [0.25, 0.3) is 11.1 Å². The lowest BCUT2D eigenvalue weighted by molar-refractivity contribution is 0.790. The number of benzene rings is 1. The number of rotatable bonds is 3. The molecular weight excluding hydrogens is 416 g/mol. The van der Waals surface area contributed by atoms with Gasteiger partial charge in [0.1, 0.15) is 11.5 Å². The molecule has 160 valence electrons. The molecule has 0 aliphatic heterocycles. The van der Waals surface area contributed by atoms with Crippen LogP contribution in [0.15, 0.2) is 52.4 Å². The zero-order chi connectivity index (χ0) is 21.6. The minimum Gasteiger partial charge on any atom is -0.324 e. The fourth-order valence-electron chi connectivity index (χ4n) is 3.58. The van der Waals surface area contributed by atoms with E-state index in [4.69, 9.17) is 5.73 Å². The molecule has 0 amide bonds. The van der Waals surface area contributed by atoms with Crippen LogP contribution in [0.2, 0.25) is 0 Å². The van der Waals surface area contributed by atoms with Crippen molar-refractivity contribution >= 4 is 23.2 Å². The van der Waals surface area contributed by atoms with Crippen molar-refractivity contribution in [1.29, 1.82) is 0 Å². The van der Waals surface area contributed by atoms with Gasteiger partial charge in [0.05, 0.1) is 24.3 Å². The number of nitrogens with two attached hydrogens (primary N) is 1. The van der Waals surface area contributed by atoms with Crippen LogP contribution in [0, 0.1) is 13.8 Å². The fourth-order valence-corrected chi connectivity index (χ4v) is 3.58. The smallest absolute Gasteiger partial charge is 0.272 e. The van der Waals surface area contributed by atoms with Crippen molar-refractivity contribution in [2.75, 3.05) is 0 Å². The van der Waals surface area contributed by atoms with Gasteiger partial charge in [0.15, 0.2) is 0 Å². The highest BCUT2D eigenvalue weighted by Crippen LogP contribution is 2.27. The summed E-state index contributed by atoms with van der Waals surface area (Å²) < 4.78 is 2.75. The molecule has 0 saturated carbocycles. The predicted octanol–water partition coefficient (Wildman–Crippen LogP) is 2.60. The Kier molecular flexibility index (Phi) is 6.06. The van der Waals surface area contributed by atoms with Crippen LogP contribution >= 0.6 is 12.4 Å². The Morgan fingerprint density at radius 3 is 2.26 bits per heavy atom. The van der Waals surface area contributed by atoms with E-state index in [1.54, 1.807) is 32.6 Å². The largest absolute Gasteiger partial charge is 0.324 e. The molecule has 8 nitrogen and oxygen atoms in total. The highest BCUT2D eigenvalue weighted by atomic mass is 35.5. The Hall–Kier alpha value is -3.36. The average molecular weight is 439 g/mol. The summed E-state index contributed by atoms with van der Waals surface area (Å²) in [6.45, 7) is 5.59. The Morgan fingerprint density at radius 1 is 0.968 bits per heavy atom. The molecule has 3 aromatic heterocycles. The Balaban J connectivity index is 0.00000272. The van der Waals surface area contributed by atoms with Gasteiger partial charge < -0.3 is 10.3 Å². The summed E-state index contributed by atoms with van der Waals surface area (Å²) in [4.78, 5) is 34.0. The molecule has 0 aliphatic carbocycles. The number of halogens is 1. The van der Waals surface area contributed by atoms with E-state index < -0.39 is 0 Å². The summed E-state index contributed by atoms with van der Waals surface area (Å²) in [6, 6.07) is 6.96. The van der Waals surface area contributed by atoms with Crippen molar-refractivity contribution in [3.63, 3.8) is 0 Å². The summed E-state index contributed by atoms with van der Waals surface area (Å²) in [7, 11) is 1.68. The van der Waals surface area contributed by atoms with Crippen LogP contribution in [0.5, 0.6) is 0 Å².